The number of para-hydroxylation sites is 1. The largest absolute Gasteiger partial charge is 0.319 e. The zero-order valence-corrected chi connectivity index (χ0v) is 16.3. The fourth-order valence-electron chi connectivity index (χ4n) is 3.95. The molecule has 2 aliphatic rings. The molecule has 2 amide bonds. The molecule has 2 aliphatic heterocycles. The van der Waals surface area contributed by atoms with Gasteiger partial charge in [0.05, 0.1) is 23.5 Å². The van der Waals surface area contributed by atoms with Crippen molar-refractivity contribution in [3.63, 3.8) is 0 Å². The highest BCUT2D eigenvalue weighted by molar-refractivity contribution is 6.17. The van der Waals surface area contributed by atoms with Crippen LogP contribution in [0.25, 0.3) is 0 Å². The third-order valence-electron chi connectivity index (χ3n) is 5.46. The van der Waals surface area contributed by atoms with E-state index in [1.807, 2.05) is 6.07 Å². The first kappa shape index (κ1) is 18.6. The van der Waals surface area contributed by atoms with Crippen molar-refractivity contribution >= 4 is 29.0 Å². The molecule has 0 bridgehead atoms. The number of benzene rings is 1. The lowest BCUT2D eigenvalue weighted by Gasteiger charge is -2.36. The minimum absolute atomic E-state index is 0.0803. The van der Waals surface area contributed by atoms with Crippen LogP contribution in [-0.2, 0) is 4.79 Å². The Morgan fingerprint density at radius 1 is 1.25 bits per heavy atom. The SMILES string of the molecule is CN(C)C1CCCN(CC(=O)N2c3ccccc3C(=O)Nc3cccnc32)C1. The molecule has 0 radical (unpaired) electrons. The summed E-state index contributed by atoms with van der Waals surface area (Å²) in [5.74, 6) is 0.154. The van der Waals surface area contributed by atoms with Crippen molar-refractivity contribution in [2.45, 2.75) is 18.9 Å². The van der Waals surface area contributed by atoms with Crippen LogP contribution >= 0.6 is 0 Å². The van der Waals surface area contributed by atoms with Gasteiger partial charge < -0.3 is 10.2 Å². The Labute approximate surface area is 164 Å². The summed E-state index contributed by atoms with van der Waals surface area (Å²) in [6.07, 6.45) is 3.86. The molecule has 0 aliphatic carbocycles. The number of likely N-dealkylation sites (N-methyl/N-ethyl adjacent to an activating group) is 1. The second-order valence-electron chi connectivity index (χ2n) is 7.57. The molecule has 2 aromatic rings. The average molecular weight is 379 g/mol. The fourth-order valence-corrected chi connectivity index (χ4v) is 3.95. The second-order valence-corrected chi connectivity index (χ2v) is 7.57. The predicted molar refractivity (Wildman–Crippen MR) is 109 cm³/mol. The number of anilines is 3. The van der Waals surface area contributed by atoms with Crippen molar-refractivity contribution in [3.8, 4) is 0 Å². The first-order chi connectivity index (χ1) is 13.5. The van der Waals surface area contributed by atoms with E-state index >= 15 is 0 Å². The van der Waals surface area contributed by atoms with E-state index in [2.05, 4.69) is 34.2 Å². The van der Waals surface area contributed by atoms with Gasteiger partial charge >= 0.3 is 0 Å². The fraction of sp³-hybridized carbons (Fsp3) is 0.381. The van der Waals surface area contributed by atoms with Crippen LogP contribution < -0.4 is 10.2 Å². The van der Waals surface area contributed by atoms with Crippen LogP contribution in [0.2, 0.25) is 0 Å². The Morgan fingerprint density at radius 3 is 2.89 bits per heavy atom. The summed E-state index contributed by atoms with van der Waals surface area (Å²) < 4.78 is 0. The lowest BCUT2D eigenvalue weighted by Crippen LogP contribution is -2.48. The summed E-state index contributed by atoms with van der Waals surface area (Å²) >= 11 is 0. The van der Waals surface area contributed by atoms with Crippen molar-refractivity contribution in [2.75, 3.05) is 43.9 Å². The van der Waals surface area contributed by atoms with Gasteiger partial charge in [0.25, 0.3) is 5.91 Å². The van der Waals surface area contributed by atoms with E-state index in [0.29, 0.717) is 35.3 Å². The number of nitrogens with zero attached hydrogens (tertiary/aromatic N) is 4. The molecule has 1 fully saturated rings. The topological polar surface area (TPSA) is 68.8 Å². The molecule has 146 valence electrons. The van der Waals surface area contributed by atoms with Crippen LogP contribution in [0.5, 0.6) is 0 Å². The molecule has 1 N–H and O–H groups in total. The van der Waals surface area contributed by atoms with E-state index in [-0.39, 0.29) is 11.8 Å². The van der Waals surface area contributed by atoms with Crippen molar-refractivity contribution < 1.29 is 9.59 Å². The highest BCUT2D eigenvalue weighted by atomic mass is 16.2. The number of nitrogens with one attached hydrogen (secondary N) is 1. The first-order valence-electron chi connectivity index (χ1n) is 9.61. The van der Waals surface area contributed by atoms with E-state index < -0.39 is 0 Å². The quantitative estimate of drug-likeness (QED) is 0.887. The van der Waals surface area contributed by atoms with E-state index in [9.17, 15) is 9.59 Å². The Kier molecular flexibility index (Phi) is 5.11. The zero-order chi connectivity index (χ0) is 19.7. The van der Waals surface area contributed by atoms with Crippen molar-refractivity contribution in [2.24, 2.45) is 0 Å². The normalized spacial score (nSPS) is 19.6. The number of piperidine rings is 1. The molecule has 1 aromatic heterocycles. The molecule has 1 unspecified atom stereocenters. The monoisotopic (exact) mass is 379 g/mol. The molecule has 28 heavy (non-hydrogen) atoms. The summed E-state index contributed by atoms with van der Waals surface area (Å²) in [7, 11) is 4.16. The molecular weight excluding hydrogens is 354 g/mol. The molecule has 7 heteroatoms. The van der Waals surface area contributed by atoms with Gasteiger partial charge in [-0.05, 0) is 57.7 Å². The number of amides is 2. The third-order valence-corrected chi connectivity index (χ3v) is 5.46. The summed E-state index contributed by atoms with van der Waals surface area (Å²) in [5.41, 5.74) is 1.59. The predicted octanol–water partition coefficient (Wildman–Crippen LogP) is 2.34. The van der Waals surface area contributed by atoms with Gasteiger partial charge in [0, 0.05) is 18.8 Å². The maximum absolute atomic E-state index is 13.4. The molecular formula is C21H25N5O2. The highest BCUT2D eigenvalue weighted by Gasteiger charge is 2.32. The third kappa shape index (κ3) is 3.50. The number of fused-ring (bicyclic) bond motifs is 2. The number of hydrogen-bond donors (Lipinski definition) is 1. The Balaban J connectivity index is 1.67. The summed E-state index contributed by atoms with van der Waals surface area (Å²) in [6, 6.07) is 11.2. The molecule has 0 saturated carbocycles. The highest BCUT2D eigenvalue weighted by Crippen LogP contribution is 2.36. The van der Waals surface area contributed by atoms with Gasteiger partial charge in [-0.3, -0.25) is 19.4 Å². The zero-order valence-electron chi connectivity index (χ0n) is 16.3. The number of hydrogen-bond acceptors (Lipinski definition) is 5. The van der Waals surface area contributed by atoms with Gasteiger partial charge in [0.2, 0.25) is 5.91 Å². The van der Waals surface area contributed by atoms with Crippen molar-refractivity contribution in [1.29, 1.82) is 0 Å². The molecule has 4 rings (SSSR count). The maximum Gasteiger partial charge on any atom is 0.257 e. The Bertz CT molecular complexity index is 898. The maximum atomic E-state index is 13.4. The number of carbonyl (C=O) groups excluding carboxylic acids is 2. The molecule has 1 saturated heterocycles. The van der Waals surface area contributed by atoms with Crippen LogP contribution in [-0.4, -0.2) is 66.4 Å². The standard InChI is InChI=1S/C21H25N5O2/c1-24(2)15-7-6-12-25(13-15)14-19(27)26-18-10-4-3-8-16(18)21(28)23-17-9-5-11-22-20(17)26/h3-5,8-11,15H,6-7,12-14H2,1-2H3,(H,23,28). The Morgan fingerprint density at radius 2 is 2.07 bits per heavy atom. The number of rotatable bonds is 3. The van der Waals surface area contributed by atoms with E-state index in [0.717, 1.165) is 25.9 Å². The van der Waals surface area contributed by atoms with Crippen molar-refractivity contribution in [1.82, 2.24) is 14.8 Å². The van der Waals surface area contributed by atoms with Gasteiger partial charge in [0.15, 0.2) is 5.82 Å². The smallest absolute Gasteiger partial charge is 0.257 e. The minimum atomic E-state index is -0.231. The first-order valence-corrected chi connectivity index (χ1v) is 9.61. The van der Waals surface area contributed by atoms with Crippen LogP contribution in [0.3, 0.4) is 0 Å². The minimum Gasteiger partial charge on any atom is -0.319 e. The molecule has 7 nitrogen and oxygen atoms in total. The van der Waals surface area contributed by atoms with Crippen LogP contribution in [0.1, 0.15) is 23.2 Å². The molecule has 3 heterocycles. The molecule has 1 atom stereocenters. The average Bonchev–Trinajstić information content (AvgIpc) is 2.82. The Hall–Kier alpha value is -2.77. The van der Waals surface area contributed by atoms with Gasteiger partial charge in [0.1, 0.15) is 0 Å². The summed E-state index contributed by atoms with van der Waals surface area (Å²) in [6.45, 7) is 2.06. The summed E-state index contributed by atoms with van der Waals surface area (Å²) in [4.78, 5) is 36.5. The van der Waals surface area contributed by atoms with Gasteiger partial charge in [-0.2, -0.15) is 0 Å². The van der Waals surface area contributed by atoms with Crippen LogP contribution in [0.4, 0.5) is 17.2 Å². The van der Waals surface area contributed by atoms with Crippen LogP contribution in [0, 0.1) is 0 Å². The van der Waals surface area contributed by atoms with Crippen molar-refractivity contribution in [3.05, 3.63) is 48.2 Å². The lowest BCUT2D eigenvalue weighted by atomic mass is 10.0. The van der Waals surface area contributed by atoms with E-state index in [1.54, 1.807) is 41.4 Å². The molecule has 1 aromatic carbocycles. The van der Waals surface area contributed by atoms with E-state index in [1.165, 1.54) is 0 Å². The van der Waals surface area contributed by atoms with Gasteiger partial charge in [-0.1, -0.05) is 12.1 Å². The number of carbonyl (C=O) groups is 2. The second kappa shape index (κ2) is 7.69. The summed E-state index contributed by atoms with van der Waals surface area (Å²) in [5, 5.41) is 2.87. The van der Waals surface area contributed by atoms with E-state index in [4.69, 9.17) is 0 Å². The number of aromatic nitrogens is 1. The van der Waals surface area contributed by atoms with Gasteiger partial charge in [-0.15, -0.1) is 0 Å². The number of pyridine rings is 1. The van der Waals surface area contributed by atoms with Crippen LogP contribution in [0.15, 0.2) is 42.6 Å². The molecule has 0 spiro atoms. The lowest BCUT2D eigenvalue weighted by molar-refractivity contribution is -0.119. The number of likely N-dealkylation sites (tertiary alicyclic amines) is 1. The van der Waals surface area contributed by atoms with Gasteiger partial charge in [-0.25, -0.2) is 4.98 Å².